The van der Waals surface area contributed by atoms with Gasteiger partial charge in [-0.2, -0.15) is 0 Å². The second-order valence-electron chi connectivity index (χ2n) is 13.0. The molecule has 0 spiro atoms. The Hall–Kier alpha value is -3.53. The Balaban J connectivity index is -0.000000300. The van der Waals surface area contributed by atoms with Crippen molar-refractivity contribution in [3.05, 3.63) is 0 Å². The number of ether oxygens (including phenoxy) is 2. The van der Waals surface area contributed by atoms with E-state index in [1.54, 1.807) is 0 Å². The lowest BCUT2D eigenvalue weighted by molar-refractivity contribution is -0.213. The predicted octanol–water partition coefficient (Wildman–Crippen LogP) is 5.00. The maximum absolute atomic E-state index is 13.0. The quantitative estimate of drug-likeness (QED) is 0.0181. The van der Waals surface area contributed by atoms with Crippen LogP contribution in [0.3, 0.4) is 0 Å². The van der Waals surface area contributed by atoms with Crippen LogP contribution in [0.4, 0.5) is 0 Å². The minimum Gasteiger partial charge on any atom is -0.456 e. The highest BCUT2D eigenvalue weighted by Crippen LogP contribution is 2.51. The summed E-state index contributed by atoms with van der Waals surface area (Å²) in [7, 11) is -16.7. The van der Waals surface area contributed by atoms with Crippen molar-refractivity contribution in [1.82, 2.24) is 6.15 Å². The highest BCUT2D eigenvalue weighted by atomic mass is 31.2. The number of carbonyl (C=O) groups excluding carboxylic acids is 2. The van der Waals surface area contributed by atoms with Crippen molar-refractivity contribution in [2.24, 2.45) is 0 Å². The lowest BCUT2D eigenvalue weighted by Gasteiger charge is -2.44. The third kappa shape index (κ3) is 27.9. The van der Waals surface area contributed by atoms with Gasteiger partial charge in [0.1, 0.15) is 43.2 Å². The van der Waals surface area contributed by atoms with Gasteiger partial charge in [-0.15, -0.1) is 6.42 Å². The van der Waals surface area contributed by atoms with Crippen molar-refractivity contribution >= 4 is 35.4 Å². The van der Waals surface area contributed by atoms with Gasteiger partial charge in [0.2, 0.25) is 0 Å². The molecule has 0 aliphatic heterocycles. The third-order valence-electron chi connectivity index (χ3n) is 8.14. The first-order chi connectivity index (χ1) is 28.3. The summed E-state index contributed by atoms with van der Waals surface area (Å²) in [4.78, 5) is 72.3. The van der Waals surface area contributed by atoms with E-state index < -0.39 is 91.3 Å². The average Bonchev–Trinajstić information content (AvgIpc) is 3.16. The summed E-state index contributed by atoms with van der Waals surface area (Å²) in [5.74, 6) is 22.7. The summed E-state index contributed by atoms with van der Waals surface area (Å²) in [5.41, 5.74) is 0. The van der Waals surface area contributed by atoms with Crippen LogP contribution in [0.15, 0.2) is 0 Å². The molecule has 0 bridgehead atoms. The maximum Gasteiger partial charge on any atom is 0.472 e. The molecule has 0 aromatic heterocycles. The summed E-state index contributed by atoms with van der Waals surface area (Å²) >= 11 is 0. The smallest absolute Gasteiger partial charge is 0.456 e. The highest BCUT2D eigenvalue weighted by Gasteiger charge is 2.56. The molecule has 0 saturated heterocycles. The van der Waals surface area contributed by atoms with Crippen molar-refractivity contribution in [3.63, 3.8) is 0 Å². The zero-order valence-electron chi connectivity index (χ0n) is 33.5. The molecular weight excluding hydrogens is 867 g/mol. The molecule has 1 aliphatic carbocycles. The molecule has 1 rings (SSSR count). The van der Waals surface area contributed by atoms with Gasteiger partial charge in [0, 0.05) is 28.0 Å². The van der Waals surface area contributed by atoms with Gasteiger partial charge in [-0.3, -0.25) is 22.9 Å². The van der Waals surface area contributed by atoms with E-state index >= 15 is 0 Å². The normalized spacial score (nSPS) is 20.8. The molecule has 23 heteroatoms. The number of carbonyl (C=O) groups is 2. The van der Waals surface area contributed by atoms with E-state index in [0.717, 1.165) is 25.7 Å². The number of hydrogen-bond acceptors (Lipinski definition) is 15. The number of aliphatic hydroxyl groups is 3. The summed E-state index contributed by atoms with van der Waals surface area (Å²) in [6.45, 7) is 0.339. The van der Waals surface area contributed by atoms with Crippen LogP contribution in [-0.4, -0.2) is 108 Å². The van der Waals surface area contributed by atoms with E-state index in [1.807, 2.05) is 5.92 Å². The van der Waals surface area contributed by atoms with Crippen LogP contribution in [0.5, 0.6) is 0 Å². The predicted molar refractivity (Wildman–Crippen MR) is 240 cm³/mol. The van der Waals surface area contributed by atoms with Crippen LogP contribution < -0.4 is 6.15 Å². The van der Waals surface area contributed by atoms with Crippen molar-refractivity contribution in [3.8, 4) is 71.5 Å². The summed E-state index contributed by atoms with van der Waals surface area (Å²) in [6, 6.07) is 0. The number of aliphatic hydroxyl groups excluding tert-OH is 3. The molecule has 0 heterocycles. The molecule has 61 heavy (non-hydrogen) atoms. The van der Waals surface area contributed by atoms with E-state index in [1.165, 1.54) is 44.9 Å². The number of hydrogen-bond donors (Lipinski definition) is 9. The molecule has 0 aromatic carbocycles. The molecule has 1 aliphatic rings. The van der Waals surface area contributed by atoms with E-state index in [-0.39, 0.29) is 28.3 Å². The Morgan fingerprint density at radius 1 is 0.607 bits per heavy atom. The zero-order valence-corrected chi connectivity index (χ0v) is 36.2. The fraction of sp³-hybridized carbons (Fsp3) is 0.632. The summed E-state index contributed by atoms with van der Waals surface area (Å²) < 4.78 is 64.4. The minimum atomic E-state index is -5.58. The molecule has 20 nitrogen and oxygen atoms in total. The zero-order chi connectivity index (χ0) is 45.0. The molecule has 362 valence electrons. The number of esters is 2. The lowest BCUT2D eigenvalue weighted by atomic mass is 9.85. The first-order valence-corrected chi connectivity index (χ1v) is 23.4. The Morgan fingerprint density at radius 3 is 1.43 bits per heavy atom. The van der Waals surface area contributed by atoms with Crippen LogP contribution in [0.2, 0.25) is 0 Å². The van der Waals surface area contributed by atoms with Gasteiger partial charge in [0.05, 0.1) is 6.61 Å². The van der Waals surface area contributed by atoms with Crippen LogP contribution in [0.1, 0.15) is 113 Å². The first kappa shape index (κ1) is 57.5. The fourth-order valence-corrected chi connectivity index (χ4v) is 7.52. The van der Waals surface area contributed by atoms with Gasteiger partial charge in [-0.25, -0.2) is 18.5 Å². The van der Waals surface area contributed by atoms with Gasteiger partial charge < -0.3 is 55.4 Å². The number of unbranched alkanes of at least 4 members (excludes halogenated alkanes) is 12. The first-order valence-electron chi connectivity index (χ1n) is 18.8. The van der Waals surface area contributed by atoms with Gasteiger partial charge in [0.15, 0.2) is 6.10 Å². The van der Waals surface area contributed by atoms with E-state index in [4.69, 9.17) is 24.9 Å². The van der Waals surface area contributed by atoms with Crippen LogP contribution >= 0.6 is 23.5 Å². The van der Waals surface area contributed by atoms with Crippen molar-refractivity contribution in [2.75, 3.05) is 13.2 Å². The Morgan fingerprint density at radius 2 is 1.00 bits per heavy atom. The third-order valence-corrected chi connectivity index (χ3v) is 10.2. The van der Waals surface area contributed by atoms with E-state index in [0.29, 0.717) is 12.8 Å². The van der Waals surface area contributed by atoms with Gasteiger partial charge in [0.25, 0.3) is 0 Å². The average molecular weight is 944 g/mol. The molecule has 1 fully saturated rings. The molecule has 0 radical (unpaired) electrons. The standard InChI is InChI=1S/C38H51O19P3.H3N.11H2/c1-3-5-7-9-11-13-15-16-17-19-21-23-25-27-32(40)54-30(28-52-31(39)26-24-22-20-18-14-12-10-8-6-4-2)29-53-60(50,51)57-38-34(42)36(55-58(44,45)46)33(41)37(35(38)43)56-59(47,48)49;;;;;;;;;;;;/h2,30,33-38,41-43H,3,5,7,9,11,13,15-17,19,21,23,25,27-29H2,1H3,(H,50,51)(H2,44,45,46)(H2,47,48,49);1H3;11*1H/t30-,33?,34-,35?,36-,37+,38?;;;;;;;;;;;;/m1............/s1. The van der Waals surface area contributed by atoms with Crippen molar-refractivity contribution in [1.29, 1.82) is 0 Å². The molecule has 1 saturated carbocycles. The molecule has 8 atom stereocenters. The number of rotatable bonds is 26. The lowest BCUT2D eigenvalue weighted by Crippen LogP contribution is -2.65. The van der Waals surface area contributed by atoms with E-state index in [9.17, 15) is 63.1 Å². The fourth-order valence-electron chi connectivity index (χ4n) is 5.41. The van der Waals surface area contributed by atoms with Crippen LogP contribution in [0, 0.1) is 71.5 Å². The van der Waals surface area contributed by atoms with Crippen LogP contribution in [-0.2, 0) is 50.9 Å². The van der Waals surface area contributed by atoms with Crippen LogP contribution in [0.25, 0.3) is 0 Å². The minimum absolute atomic E-state index is 0. The molecule has 4 unspecified atom stereocenters. The summed E-state index contributed by atoms with van der Waals surface area (Å²) in [6.07, 6.45) is 1.87. The van der Waals surface area contributed by atoms with Crippen molar-refractivity contribution < 1.29 is 106 Å². The Labute approximate surface area is 372 Å². The Bertz CT molecular complexity index is 1890. The summed E-state index contributed by atoms with van der Waals surface area (Å²) in [5, 5.41) is 31.6. The maximum atomic E-state index is 13.0. The SMILES string of the molecule is C#CC#CC#CC#CC#CC#CC(=O)OC[C@H](COP(=O)(O)OC1C(O)[C@@H](OP(=O)(O)O)C(O)[C@@H](OP(=O)(O)O)[C@H]1O)OC(=O)CCCCCCCCCCCCCCC.N.[HH].[HH].[HH].[HH].[HH].[HH].[HH].[HH].[HH].[HH].[HH]. The second kappa shape index (κ2) is 31.3. The molecule has 0 aromatic rings. The van der Waals surface area contributed by atoms with Gasteiger partial charge >= 0.3 is 35.4 Å². The molecule has 11 N–H and O–H groups in total. The monoisotopic (exact) mass is 943 g/mol. The van der Waals surface area contributed by atoms with E-state index in [2.05, 4.69) is 75.2 Å². The largest absolute Gasteiger partial charge is 0.472 e. The van der Waals surface area contributed by atoms with Crippen molar-refractivity contribution in [2.45, 2.75) is 140 Å². The number of phosphoric acid groups is 3. The highest BCUT2D eigenvalue weighted by molar-refractivity contribution is 7.47. The molecule has 0 amide bonds. The Kier molecular flexibility index (Phi) is 29.5. The number of terminal acetylenes is 1. The number of phosphoric ester groups is 3. The van der Waals surface area contributed by atoms with Gasteiger partial charge in [-0.05, 0) is 65.6 Å². The molecular formula is C38H76NO19P3. The second-order valence-corrected chi connectivity index (χ2v) is 16.8. The van der Waals surface area contributed by atoms with Gasteiger partial charge in [-0.1, -0.05) is 84.0 Å². The topological polar surface area (TPSA) is 338 Å².